The molecule has 1 aliphatic rings. The quantitative estimate of drug-likeness (QED) is 0.827. The molecule has 110 valence electrons. The molecule has 1 amide bonds. The molecule has 1 aromatic rings. The first-order chi connectivity index (χ1) is 9.56. The standard InChI is InChI=1S/C15H22N2O3/c1-10-3-4-12(16)9-14(10)17-15(18)11(2)20-13-5-7-19-8-6-13/h3-4,9,11,13H,5-8,16H2,1-2H3,(H,17,18). The van der Waals surface area contributed by atoms with Crippen LogP contribution in [0.3, 0.4) is 0 Å². The van der Waals surface area contributed by atoms with E-state index in [9.17, 15) is 4.79 Å². The second-order valence-electron chi connectivity index (χ2n) is 5.15. The summed E-state index contributed by atoms with van der Waals surface area (Å²) in [5.74, 6) is -0.148. The lowest BCUT2D eigenvalue weighted by Gasteiger charge is -2.25. The number of aryl methyl sites for hydroxylation is 1. The zero-order valence-corrected chi connectivity index (χ0v) is 12.0. The monoisotopic (exact) mass is 278 g/mol. The van der Waals surface area contributed by atoms with Crippen LogP contribution in [0.25, 0.3) is 0 Å². The molecule has 0 spiro atoms. The normalized spacial score (nSPS) is 17.7. The van der Waals surface area contributed by atoms with Crippen molar-refractivity contribution >= 4 is 17.3 Å². The number of carbonyl (C=O) groups is 1. The molecule has 0 bridgehead atoms. The summed E-state index contributed by atoms with van der Waals surface area (Å²) in [6, 6.07) is 5.45. The fourth-order valence-electron chi connectivity index (χ4n) is 2.17. The Labute approximate surface area is 119 Å². The maximum Gasteiger partial charge on any atom is 0.253 e. The number of hydrogen-bond acceptors (Lipinski definition) is 4. The highest BCUT2D eigenvalue weighted by molar-refractivity contribution is 5.95. The summed E-state index contributed by atoms with van der Waals surface area (Å²) in [5, 5.41) is 2.87. The highest BCUT2D eigenvalue weighted by Crippen LogP contribution is 2.19. The highest BCUT2D eigenvalue weighted by Gasteiger charge is 2.21. The molecule has 1 fully saturated rings. The fraction of sp³-hybridized carbons (Fsp3) is 0.533. The van der Waals surface area contributed by atoms with Gasteiger partial charge >= 0.3 is 0 Å². The van der Waals surface area contributed by atoms with Crippen molar-refractivity contribution in [1.29, 1.82) is 0 Å². The number of nitrogens with two attached hydrogens (primary N) is 1. The van der Waals surface area contributed by atoms with Gasteiger partial charge in [0.05, 0.1) is 6.10 Å². The van der Waals surface area contributed by atoms with Gasteiger partial charge in [-0.15, -0.1) is 0 Å². The van der Waals surface area contributed by atoms with Crippen LogP contribution < -0.4 is 11.1 Å². The van der Waals surface area contributed by atoms with Crippen LogP contribution in [-0.2, 0) is 14.3 Å². The van der Waals surface area contributed by atoms with Crippen molar-refractivity contribution < 1.29 is 14.3 Å². The molecule has 1 saturated heterocycles. The number of anilines is 2. The molecular weight excluding hydrogens is 256 g/mol. The summed E-state index contributed by atoms with van der Waals surface area (Å²) in [6.07, 6.45) is 1.30. The van der Waals surface area contributed by atoms with Gasteiger partial charge < -0.3 is 20.5 Å². The van der Waals surface area contributed by atoms with Crippen molar-refractivity contribution in [2.75, 3.05) is 24.3 Å². The first kappa shape index (κ1) is 14.8. The Kier molecular flexibility index (Phi) is 4.98. The zero-order valence-electron chi connectivity index (χ0n) is 12.0. The first-order valence-electron chi connectivity index (χ1n) is 6.96. The van der Waals surface area contributed by atoms with Gasteiger partial charge in [0.2, 0.25) is 0 Å². The van der Waals surface area contributed by atoms with Crippen LogP contribution in [0.4, 0.5) is 11.4 Å². The van der Waals surface area contributed by atoms with Crippen molar-refractivity contribution in [2.24, 2.45) is 0 Å². The van der Waals surface area contributed by atoms with Crippen LogP contribution in [0.15, 0.2) is 18.2 Å². The number of nitrogens with one attached hydrogen (secondary N) is 1. The van der Waals surface area contributed by atoms with E-state index < -0.39 is 6.10 Å². The molecule has 1 unspecified atom stereocenters. The SMILES string of the molecule is Cc1ccc(N)cc1NC(=O)C(C)OC1CCOCC1. The van der Waals surface area contributed by atoms with Crippen LogP contribution >= 0.6 is 0 Å². The Morgan fingerprint density at radius 1 is 1.45 bits per heavy atom. The van der Waals surface area contributed by atoms with Gasteiger partial charge in [0.15, 0.2) is 0 Å². The molecule has 1 heterocycles. The van der Waals surface area contributed by atoms with Crippen LogP contribution in [-0.4, -0.2) is 31.3 Å². The van der Waals surface area contributed by atoms with Crippen LogP contribution in [0.2, 0.25) is 0 Å². The molecule has 1 aromatic carbocycles. The lowest BCUT2D eigenvalue weighted by atomic mass is 10.1. The summed E-state index contributed by atoms with van der Waals surface area (Å²) in [7, 11) is 0. The number of benzene rings is 1. The number of ether oxygens (including phenoxy) is 2. The minimum Gasteiger partial charge on any atom is -0.399 e. The van der Waals surface area contributed by atoms with Crippen LogP contribution in [0.1, 0.15) is 25.3 Å². The maximum atomic E-state index is 12.1. The van der Waals surface area contributed by atoms with Gasteiger partial charge in [0.25, 0.3) is 5.91 Å². The Hall–Kier alpha value is -1.59. The number of carbonyl (C=O) groups excluding carboxylic acids is 1. The topological polar surface area (TPSA) is 73.6 Å². The number of rotatable bonds is 4. The molecule has 5 nitrogen and oxygen atoms in total. The van der Waals surface area contributed by atoms with Gasteiger partial charge in [-0.3, -0.25) is 4.79 Å². The molecule has 1 atom stereocenters. The lowest BCUT2D eigenvalue weighted by Crippen LogP contribution is -2.34. The molecular formula is C15H22N2O3. The zero-order chi connectivity index (χ0) is 14.5. The van der Waals surface area contributed by atoms with Gasteiger partial charge in [-0.1, -0.05) is 6.07 Å². The minimum atomic E-state index is -0.487. The average Bonchev–Trinajstić information content (AvgIpc) is 2.44. The van der Waals surface area contributed by atoms with Crippen molar-refractivity contribution in [3.8, 4) is 0 Å². The lowest BCUT2D eigenvalue weighted by molar-refractivity contribution is -0.133. The van der Waals surface area contributed by atoms with E-state index in [0.717, 1.165) is 24.1 Å². The molecule has 0 radical (unpaired) electrons. The average molecular weight is 278 g/mol. The molecule has 1 aliphatic heterocycles. The van der Waals surface area contributed by atoms with E-state index in [-0.39, 0.29) is 12.0 Å². The second kappa shape index (κ2) is 6.72. The van der Waals surface area contributed by atoms with Crippen LogP contribution in [0.5, 0.6) is 0 Å². The summed E-state index contributed by atoms with van der Waals surface area (Å²) in [5.41, 5.74) is 8.07. The molecule has 20 heavy (non-hydrogen) atoms. The largest absolute Gasteiger partial charge is 0.399 e. The predicted molar refractivity (Wildman–Crippen MR) is 78.6 cm³/mol. The second-order valence-corrected chi connectivity index (χ2v) is 5.15. The number of nitrogen functional groups attached to an aromatic ring is 1. The van der Waals surface area contributed by atoms with E-state index in [0.29, 0.717) is 18.9 Å². The highest BCUT2D eigenvalue weighted by atomic mass is 16.5. The van der Waals surface area contributed by atoms with Gasteiger partial charge in [-0.2, -0.15) is 0 Å². The van der Waals surface area contributed by atoms with E-state index >= 15 is 0 Å². The first-order valence-corrected chi connectivity index (χ1v) is 6.96. The summed E-state index contributed by atoms with van der Waals surface area (Å²) in [4.78, 5) is 12.1. The molecule has 2 rings (SSSR count). The predicted octanol–water partition coefficient (Wildman–Crippen LogP) is 2.10. The molecule has 5 heteroatoms. The third kappa shape index (κ3) is 3.95. The third-order valence-corrected chi connectivity index (χ3v) is 3.45. The van der Waals surface area contributed by atoms with E-state index in [1.165, 1.54) is 0 Å². The molecule has 3 N–H and O–H groups in total. The third-order valence-electron chi connectivity index (χ3n) is 3.45. The van der Waals surface area contributed by atoms with Crippen molar-refractivity contribution in [3.63, 3.8) is 0 Å². The number of hydrogen-bond donors (Lipinski definition) is 2. The summed E-state index contributed by atoms with van der Waals surface area (Å²) in [6.45, 7) is 5.10. The van der Waals surface area contributed by atoms with Gasteiger partial charge in [0.1, 0.15) is 6.10 Å². The van der Waals surface area contributed by atoms with Gasteiger partial charge in [-0.25, -0.2) is 0 Å². The molecule has 0 aliphatic carbocycles. The smallest absolute Gasteiger partial charge is 0.253 e. The van der Waals surface area contributed by atoms with Crippen molar-refractivity contribution in [3.05, 3.63) is 23.8 Å². The van der Waals surface area contributed by atoms with E-state index in [1.54, 1.807) is 13.0 Å². The summed E-state index contributed by atoms with van der Waals surface area (Å²) >= 11 is 0. The minimum absolute atomic E-state index is 0.103. The Balaban J connectivity index is 1.91. The Morgan fingerprint density at radius 3 is 2.85 bits per heavy atom. The van der Waals surface area contributed by atoms with E-state index in [4.69, 9.17) is 15.2 Å². The van der Waals surface area contributed by atoms with E-state index in [2.05, 4.69) is 5.32 Å². The van der Waals surface area contributed by atoms with Crippen LogP contribution in [0, 0.1) is 6.92 Å². The Morgan fingerprint density at radius 2 is 2.15 bits per heavy atom. The fourth-order valence-corrected chi connectivity index (χ4v) is 2.17. The van der Waals surface area contributed by atoms with Crippen molar-refractivity contribution in [1.82, 2.24) is 0 Å². The number of amides is 1. The Bertz CT molecular complexity index is 470. The van der Waals surface area contributed by atoms with E-state index in [1.807, 2.05) is 19.1 Å². The van der Waals surface area contributed by atoms with Crippen molar-refractivity contribution in [2.45, 2.75) is 38.9 Å². The maximum absolute atomic E-state index is 12.1. The molecule has 0 saturated carbocycles. The van der Waals surface area contributed by atoms with Gasteiger partial charge in [0, 0.05) is 24.6 Å². The molecule has 0 aromatic heterocycles. The summed E-state index contributed by atoms with van der Waals surface area (Å²) < 4.78 is 11.0. The van der Waals surface area contributed by atoms with Gasteiger partial charge in [-0.05, 0) is 44.4 Å².